The van der Waals surface area contributed by atoms with Crippen molar-refractivity contribution in [3.63, 3.8) is 0 Å². The Labute approximate surface area is 209 Å². The van der Waals surface area contributed by atoms with Gasteiger partial charge in [-0.1, -0.05) is 98.3 Å². The molecule has 6 rings (SSSR count). The quantitative estimate of drug-likeness (QED) is 0.154. The van der Waals surface area contributed by atoms with E-state index < -0.39 is 6.23 Å². The maximum absolute atomic E-state index is 6.67. The number of fused-ring (bicyclic) bond motifs is 5. The van der Waals surface area contributed by atoms with E-state index in [2.05, 4.69) is 83.1 Å². The zero-order valence-electron chi connectivity index (χ0n) is 19.6. The van der Waals surface area contributed by atoms with E-state index in [1.807, 2.05) is 18.2 Å². The summed E-state index contributed by atoms with van der Waals surface area (Å²) in [6.45, 7) is 2.21. The van der Waals surface area contributed by atoms with E-state index in [4.69, 9.17) is 9.72 Å². The van der Waals surface area contributed by atoms with Gasteiger partial charge < -0.3 is 10.1 Å². The van der Waals surface area contributed by atoms with Crippen molar-refractivity contribution >= 4 is 39.0 Å². The minimum absolute atomic E-state index is 0.442. The van der Waals surface area contributed by atoms with Crippen molar-refractivity contribution in [3.8, 4) is 17.1 Å². The van der Waals surface area contributed by atoms with Crippen LogP contribution in [0.4, 0.5) is 5.69 Å². The van der Waals surface area contributed by atoms with Gasteiger partial charge in [0.25, 0.3) is 0 Å². The van der Waals surface area contributed by atoms with Crippen LogP contribution in [0.1, 0.15) is 38.0 Å². The molecule has 0 amide bonds. The monoisotopic (exact) mass is 478 g/mol. The summed E-state index contributed by atoms with van der Waals surface area (Å²) in [4.78, 5) is 4.83. The Balaban J connectivity index is 1.50. The summed E-state index contributed by atoms with van der Waals surface area (Å²) < 4.78 is 6.67. The van der Waals surface area contributed by atoms with Crippen LogP contribution < -0.4 is 10.1 Å². The zero-order valence-corrected chi connectivity index (χ0v) is 20.4. The van der Waals surface area contributed by atoms with Gasteiger partial charge >= 0.3 is 0 Å². The van der Waals surface area contributed by atoms with E-state index in [1.54, 1.807) is 11.8 Å². The van der Waals surface area contributed by atoms with Gasteiger partial charge in [-0.25, -0.2) is 0 Å². The number of nitrogens with one attached hydrogen (secondary N) is 1. The normalized spacial score (nSPS) is 14.6. The summed E-state index contributed by atoms with van der Waals surface area (Å²) in [5.41, 5.74) is 3.65. The maximum atomic E-state index is 6.67. The molecule has 1 aliphatic heterocycles. The van der Waals surface area contributed by atoms with E-state index in [-0.39, 0.29) is 0 Å². The molecule has 1 aliphatic rings. The van der Waals surface area contributed by atoms with E-state index in [0.717, 1.165) is 39.8 Å². The summed E-state index contributed by atoms with van der Waals surface area (Å²) in [5, 5.41) is 18.0. The van der Waals surface area contributed by atoms with Gasteiger partial charge in [-0.05, 0) is 40.1 Å². The molecule has 0 fully saturated rings. The predicted molar refractivity (Wildman–Crippen MR) is 144 cm³/mol. The Morgan fingerprint density at radius 3 is 2.34 bits per heavy atom. The van der Waals surface area contributed by atoms with Crippen LogP contribution in [0.3, 0.4) is 0 Å². The molecule has 0 aliphatic carbocycles. The molecule has 1 N–H and O–H groups in total. The molecule has 5 nitrogen and oxygen atoms in total. The van der Waals surface area contributed by atoms with Crippen LogP contribution in [0.5, 0.6) is 5.88 Å². The first-order chi connectivity index (χ1) is 17.3. The average Bonchev–Trinajstić information content (AvgIpc) is 3.06. The van der Waals surface area contributed by atoms with Crippen molar-refractivity contribution in [2.75, 3.05) is 11.1 Å². The number of hydrogen-bond acceptors (Lipinski definition) is 6. The molecule has 174 valence electrons. The third kappa shape index (κ3) is 4.19. The van der Waals surface area contributed by atoms with Gasteiger partial charge in [-0.15, -0.1) is 10.2 Å². The third-order valence-electron chi connectivity index (χ3n) is 6.39. The molecule has 0 saturated carbocycles. The fraction of sp³-hybridized carbons (Fsp3) is 0.207. The van der Waals surface area contributed by atoms with Gasteiger partial charge in [-0.2, -0.15) is 4.98 Å². The lowest BCUT2D eigenvalue weighted by Gasteiger charge is -2.23. The number of rotatable bonds is 6. The Kier molecular flexibility index (Phi) is 5.96. The molecule has 0 spiro atoms. The minimum Gasteiger partial charge on any atom is -0.448 e. The molecule has 0 saturated heterocycles. The Hall–Kier alpha value is -3.64. The molecule has 0 unspecified atom stereocenters. The number of nitrogens with zero attached hydrogens (tertiary/aromatic N) is 3. The predicted octanol–water partition coefficient (Wildman–Crippen LogP) is 7.63. The van der Waals surface area contributed by atoms with Crippen molar-refractivity contribution < 1.29 is 4.74 Å². The summed E-state index contributed by atoms with van der Waals surface area (Å²) in [6, 6.07) is 27.3. The number of aromatic nitrogens is 3. The molecule has 1 aromatic heterocycles. The zero-order chi connectivity index (χ0) is 23.6. The van der Waals surface area contributed by atoms with Crippen LogP contribution in [0.2, 0.25) is 0 Å². The summed E-state index contributed by atoms with van der Waals surface area (Å²) in [5.74, 6) is 1.48. The third-order valence-corrected chi connectivity index (χ3v) is 7.31. The van der Waals surface area contributed by atoms with Gasteiger partial charge in [0.05, 0.1) is 0 Å². The molecule has 2 heterocycles. The second-order valence-corrected chi connectivity index (χ2v) is 9.79. The second kappa shape index (κ2) is 9.55. The number of para-hydroxylation sites is 1. The lowest BCUT2D eigenvalue weighted by atomic mass is 9.95. The fourth-order valence-electron chi connectivity index (χ4n) is 4.69. The molecule has 0 bridgehead atoms. The first kappa shape index (κ1) is 21.9. The topological polar surface area (TPSA) is 59.9 Å². The SMILES string of the molecule is CCCCCSc1nnc2c(n1)O[C@H](c1c3ccccc3cc3ccccc13)Nc1ccccc1-2. The minimum atomic E-state index is -0.442. The van der Waals surface area contributed by atoms with E-state index in [0.29, 0.717) is 16.7 Å². The maximum Gasteiger partial charge on any atom is 0.247 e. The van der Waals surface area contributed by atoms with E-state index in [1.165, 1.54) is 23.6 Å². The highest BCUT2D eigenvalue weighted by Crippen LogP contribution is 2.42. The van der Waals surface area contributed by atoms with Crippen LogP contribution in [0.25, 0.3) is 32.8 Å². The van der Waals surface area contributed by atoms with Crippen molar-refractivity contribution in [1.82, 2.24) is 15.2 Å². The van der Waals surface area contributed by atoms with Crippen LogP contribution in [-0.4, -0.2) is 20.9 Å². The highest BCUT2D eigenvalue weighted by molar-refractivity contribution is 7.99. The average molecular weight is 479 g/mol. The van der Waals surface area contributed by atoms with E-state index in [9.17, 15) is 0 Å². The van der Waals surface area contributed by atoms with E-state index >= 15 is 0 Å². The van der Waals surface area contributed by atoms with Crippen molar-refractivity contribution in [3.05, 3.63) is 84.4 Å². The molecule has 0 radical (unpaired) electrons. The van der Waals surface area contributed by atoms with Crippen LogP contribution in [0.15, 0.2) is 84.0 Å². The lowest BCUT2D eigenvalue weighted by Crippen LogP contribution is -2.18. The summed E-state index contributed by atoms with van der Waals surface area (Å²) >= 11 is 1.64. The largest absolute Gasteiger partial charge is 0.448 e. The highest BCUT2D eigenvalue weighted by atomic mass is 32.2. The summed E-state index contributed by atoms with van der Waals surface area (Å²) in [6.07, 6.45) is 3.09. The first-order valence-electron chi connectivity index (χ1n) is 12.1. The van der Waals surface area contributed by atoms with Gasteiger partial charge in [0.1, 0.15) is 0 Å². The number of anilines is 1. The molecule has 1 atom stereocenters. The lowest BCUT2D eigenvalue weighted by molar-refractivity contribution is 0.228. The van der Waals surface area contributed by atoms with Crippen LogP contribution >= 0.6 is 11.8 Å². The molecule has 5 aromatic rings. The molecular formula is C29H26N4OS. The highest BCUT2D eigenvalue weighted by Gasteiger charge is 2.28. The number of unbranched alkanes of at least 4 members (excludes halogenated alkanes) is 2. The van der Waals surface area contributed by atoms with Crippen LogP contribution in [-0.2, 0) is 0 Å². The molecular weight excluding hydrogens is 452 g/mol. The number of benzene rings is 4. The Morgan fingerprint density at radius 2 is 1.57 bits per heavy atom. The van der Waals surface area contributed by atoms with Gasteiger partial charge in [0.2, 0.25) is 11.0 Å². The van der Waals surface area contributed by atoms with Gasteiger partial charge in [0.15, 0.2) is 11.9 Å². The Morgan fingerprint density at radius 1 is 0.857 bits per heavy atom. The molecule has 4 aromatic carbocycles. The van der Waals surface area contributed by atoms with Gasteiger partial charge in [-0.3, -0.25) is 0 Å². The second-order valence-electron chi connectivity index (χ2n) is 8.72. The van der Waals surface area contributed by atoms with Crippen LogP contribution in [0, 0.1) is 0 Å². The number of ether oxygens (including phenoxy) is 1. The first-order valence-corrected chi connectivity index (χ1v) is 13.1. The summed E-state index contributed by atoms with van der Waals surface area (Å²) in [7, 11) is 0. The fourth-order valence-corrected chi connectivity index (χ4v) is 5.46. The standard InChI is InChI=1S/C29H26N4OS/c1-2-3-10-17-35-29-31-28-26(32-33-29)23-15-8-9-16-24(23)30-27(34-28)25-21-13-6-4-11-19(21)18-20-12-5-7-14-22(20)25/h4-9,11-16,18,27,30H,2-3,10,17H2,1H3/t27-/m1/s1. The van der Waals surface area contributed by atoms with Crippen molar-refractivity contribution in [1.29, 1.82) is 0 Å². The number of hydrogen-bond donors (Lipinski definition) is 1. The number of thioether (sulfide) groups is 1. The van der Waals surface area contributed by atoms with Crippen molar-refractivity contribution in [2.24, 2.45) is 0 Å². The smallest absolute Gasteiger partial charge is 0.247 e. The molecule has 6 heteroatoms. The molecule has 35 heavy (non-hydrogen) atoms. The Bertz CT molecular complexity index is 1470. The van der Waals surface area contributed by atoms with Gasteiger partial charge in [0, 0.05) is 22.6 Å². The van der Waals surface area contributed by atoms with Crippen molar-refractivity contribution in [2.45, 2.75) is 37.6 Å².